The smallest absolute Gasteiger partial charge is 0.132 e. The molecule has 0 saturated carbocycles. The first-order valence-corrected chi connectivity index (χ1v) is 14.0. The van der Waals surface area contributed by atoms with Crippen LogP contribution in [-0.2, 0) is 0 Å². The summed E-state index contributed by atoms with van der Waals surface area (Å²) in [5.41, 5.74) is 6.80. The van der Waals surface area contributed by atoms with E-state index < -0.39 is 6.15 Å². The molecule has 0 radical (unpaired) electrons. The molecule has 0 aliphatic carbocycles. The summed E-state index contributed by atoms with van der Waals surface area (Å²) in [6, 6.07) is 54.3. The van der Waals surface area contributed by atoms with Crippen molar-refractivity contribution in [1.29, 1.82) is 0 Å². The van der Waals surface area contributed by atoms with Gasteiger partial charge in [-0.25, -0.2) is 0 Å². The highest BCUT2D eigenvalue weighted by Crippen LogP contribution is 2.21. The van der Waals surface area contributed by atoms with Gasteiger partial charge in [0.15, 0.2) is 0 Å². The van der Waals surface area contributed by atoms with Crippen molar-refractivity contribution in [1.82, 2.24) is 4.48 Å². The SMILES string of the molecule is CC[N+](CC)(CC)c1ccccc1.c1ccc([B-](c2ccccc2)(c2ccccc2)c2ccccc2)cc1. The molecule has 0 heterocycles. The van der Waals surface area contributed by atoms with Crippen molar-refractivity contribution in [2.24, 2.45) is 0 Å². The second-order valence-corrected chi connectivity index (χ2v) is 9.94. The second kappa shape index (κ2) is 13.1. The predicted molar refractivity (Wildman–Crippen MR) is 170 cm³/mol. The Hall–Kier alpha value is -3.88. The van der Waals surface area contributed by atoms with E-state index in [9.17, 15) is 0 Å². The van der Waals surface area contributed by atoms with Crippen LogP contribution in [0.25, 0.3) is 0 Å². The minimum Gasteiger partial charge on any atom is -0.292 e. The van der Waals surface area contributed by atoms with Crippen LogP contribution in [0.15, 0.2) is 152 Å². The van der Waals surface area contributed by atoms with Gasteiger partial charge in [0.25, 0.3) is 0 Å². The average molecular weight is 498 g/mol. The zero-order valence-corrected chi connectivity index (χ0v) is 23.1. The van der Waals surface area contributed by atoms with Crippen molar-refractivity contribution in [2.45, 2.75) is 20.8 Å². The van der Waals surface area contributed by atoms with Crippen LogP contribution in [0.2, 0.25) is 0 Å². The number of para-hydroxylation sites is 1. The minimum atomic E-state index is -1.22. The van der Waals surface area contributed by atoms with E-state index in [0.717, 1.165) is 4.48 Å². The molecular weight excluding hydrogens is 457 g/mol. The Bertz CT molecular complexity index is 1160. The lowest BCUT2D eigenvalue weighted by molar-refractivity contribution is 0.316. The van der Waals surface area contributed by atoms with Gasteiger partial charge in [-0.05, 0) is 32.9 Å². The molecule has 38 heavy (non-hydrogen) atoms. The quantitative estimate of drug-likeness (QED) is 0.179. The molecule has 1 nitrogen and oxygen atoms in total. The Labute approximate surface area is 229 Å². The first kappa shape index (κ1) is 27.2. The zero-order chi connectivity index (χ0) is 26.7. The molecule has 0 aliphatic heterocycles. The molecule has 5 rings (SSSR count). The molecule has 0 saturated heterocycles. The molecule has 0 spiro atoms. The number of hydrogen-bond acceptors (Lipinski definition) is 0. The van der Waals surface area contributed by atoms with Gasteiger partial charge in [-0.15, -0.1) is 0 Å². The van der Waals surface area contributed by atoms with Crippen LogP contribution >= 0.6 is 0 Å². The van der Waals surface area contributed by atoms with Crippen LogP contribution in [0.5, 0.6) is 0 Å². The number of quaternary nitrogens is 1. The molecule has 0 aliphatic rings. The molecule has 0 fully saturated rings. The summed E-state index contributed by atoms with van der Waals surface area (Å²) in [5.74, 6) is 0. The summed E-state index contributed by atoms with van der Waals surface area (Å²) in [6.07, 6.45) is -1.22. The highest BCUT2D eigenvalue weighted by Gasteiger charge is 2.31. The minimum absolute atomic E-state index is 1.10. The van der Waals surface area contributed by atoms with E-state index in [0.29, 0.717) is 0 Å². The number of rotatable bonds is 8. The van der Waals surface area contributed by atoms with Gasteiger partial charge in [0.2, 0.25) is 0 Å². The third-order valence-electron chi connectivity index (χ3n) is 8.32. The second-order valence-electron chi connectivity index (χ2n) is 9.94. The lowest BCUT2D eigenvalue weighted by Crippen LogP contribution is -2.74. The third-order valence-corrected chi connectivity index (χ3v) is 8.32. The van der Waals surface area contributed by atoms with Crippen LogP contribution in [0.1, 0.15) is 20.8 Å². The Kier molecular flexibility index (Phi) is 9.35. The summed E-state index contributed by atoms with van der Waals surface area (Å²) in [7, 11) is 0. The normalized spacial score (nSPS) is 11.3. The molecule has 5 aromatic rings. The monoisotopic (exact) mass is 497 g/mol. The molecule has 5 aromatic carbocycles. The molecule has 192 valence electrons. The Balaban J connectivity index is 0.000000219. The van der Waals surface area contributed by atoms with Crippen molar-refractivity contribution >= 4 is 33.7 Å². The molecule has 0 amide bonds. The first-order chi connectivity index (χ1) is 18.7. The lowest BCUT2D eigenvalue weighted by Gasteiger charge is -2.44. The highest BCUT2D eigenvalue weighted by molar-refractivity contribution is 7.19. The van der Waals surface area contributed by atoms with Crippen molar-refractivity contribution in [3.8, 4) is 0 Å². The van der Waals surface area contributed by atoms with E-state index in [2.05, 4.69) is 172 Å². The van der Waals surface area contributed by atoms with Gasteiger partial charge in [0, 0.05) is 0 Å². The fourth-order valence-corrected chi connectivity index (χ4v) is 6.08. The number of hydrogen-bond donors (Lipinski definition) is 0. The summed E-state index contributed by atoms with van der Waals surface area (Å²) in [5, 5.41) is 0. The topological polar surface area (TPSA) is 0 Å². The van der Waals surface area contributed by atoms with E-state index in [-0.39, 0.29) is 0 Å². The van der Waals surface area contributed by atoms with E-state index in [1.165, 1.54) is 47.2 Å². The van der Waals surface area contributed by atoms with Gasteiger partial charge in [-0.3, -0.25) is 4.48 Å². The van der Waals surface area contributed by atoms with Crippen molar-refractivity contribution in [2.75, 3.05) is 19.6 Å². The van der Waals surface area contributed by atoms with E-state index in [1.54, 1.807) is 0 Å². The fourth-order valence-electron chi connectivity index (χ4n) is 6.08. The van der Waals surface area contributed by atoms with Crippen LogP contribution in [-0.4, -0.2) is 25.8 Å². The summed E-state index contributed by atoms with van der Waals surface area (Å²) in [6.45, 7) is 10.3. The molecular formula is C36H40BN. The van der Waals surface area contributed by atoms with Gasteiger partial charge in [0.05, 0.1) is 19.6 Å². The molecule has 2 heteroatoms. The maximum absolute atomic E-state index is 2.26. The maximum atomic E-state index is 2.26. The maximum Gasteiger partial charge on any atom is 0.132 e. The van der Waals surface area contributed by atoms with Gasteiger partial charge >= 0.3 is 0 Å². The van der Waals surface area contributed by atoms with Crippen LogP contribution in [0.4, 0.5) is 5.69 Å². The van der Waals surface area contributed by atoms with E-state index >= 15 is 0 Å². The molecule has 0 N–H and O–H groups in total. The van der Waals surface area contributed by atoms with Gasteiger partial charge < -0.3 is 0 Å². The van der Waals surface area contributed by atoms with Gasteiger partial charge in [-0.2, -0.15) is 21.9 Å². The Morgan fingerprint density at radius 1 is 0.368 bits per heavy atom. The average Bonchev–Trinajstić information content (AvgIpc) is 3.02. The standard InChI is InChI=1S/C24H20B.C12H20N/c1-5-13-21(14-6-1)25(22-15-7-2-8-16-22,23-17-9-3-10-18-23)24-19-11-4-12-20-24;1-4-13(5-2,6-3)12-10-8-7-9-11-12/h1-20H;7-11H,4-6H2,1-3H3/q-1;+1. The largest absolute Gasteiger partial charge is 0.292 e. The summed E-state index contributed by atoms with van der Waals surface area (Å²) >= 11 is 0. The van der Waals surface area contributed by atoms with Crippen molar-refractivity contribution < 1.29 is 0 Å². The number of nitrogens with zero attached hydrogens (tertiary/aromatic N) is 1. The van der Waals surface area contributed by atoms with Crippen LogP contribution < -0.4 is 26.3 Å². The summed E-state index contributed by atoms with van der Waals surface area (Å²) in [4.78, 5) is 0. The Morgan fingerprint density at radius 2 is 0.605 bits per heavy atom. The summed E-state index contributed by atoms with van der Waals surface area (Å²) < 4.78 is 1.10. The molecule has 0 unspecified atom stereocenters. The molecule has 0 aromatic heterocycles. The van der Waals surface area contributed by atoms with Gasteiger partial charge in [0.1, 0.15) is 11.8 Å². The Morgan fingerprint density at radius 3 is 0.842 bits per heavy atom. The van der Waals surface area contributed by atoms with Crippen molar-refractivity contribution in [3.05, 3.63) is 152 Å². The highest BCUT2D eigenvalue weighted by atomic mass is 15.3. The molecule has 0 bridgehead atoms. The van der Waals surface area contributed by atoms with Gasteiger partial charge in [-0.1, -0.05) is 140 Å². The number of benzene rings is 5. The van der Waals surface area contributed by atoms with Crippen LogP contribution in [0, 0.1) is 0 Å². The lowest BCUT2D eigenvalue weighted by atomic mass is 9.13. The predicted octanol–water partition coefficient (Wildman–Crippen LogP) is 6.12. The van der Waals surface area contributed by atoms with E-state index in [1.807, 2.05) is 0 Å². The zero-order valence-electron chi connectivity index (χ0n) is 23.1. The fraction of sp³-hybridized carbons (Fsp3) is 0.167. The van der Waals surface area contributed by atoms with E-state index in [4.69, 9.17) is 0 Å². The first-order valence-electron chi connectivity index (χ1n) is 14.0. The van der Waals surface area contributed by atoms with Crippen molar-refractivity contribution in [3.63, 3.8) is 0 Å². The van der Waals surface area contributed by atoms with Crippen LogP contribution in [0.3, 0.4) is 0 Å². The molecule has 0 atom stereocenters. The third kappa shape index (κ3) is 5.51.